The first-order valence-corrected chi connectivity index (χ1v) is 0.924. The molecule has 0 saturated carbocycles. The average molecular weight is 61.1 g/mol. The lowest BCUT2D eigenvalue weighted by atomic mass is 11.4. The molecule has 24 valence electrons. The predicted octanol–water partition coefficient (Wildman–Crippen LogP) is 0.614. The molecule has 0 atom stereocenters. The van der Waals surface area contributed by atoms with Crippen molar-refractivity contribution in [2.75, 3.05) is 7.05 Å². The third-order valence-electron chi connectivity index (χ3n) is 0.0976. The second-order valence-electron chi connectivity index (χ2n) is 0.356. The number of halogens is 1. The lowest BCUT2D eigenvalue weighted by molar-refractivity contribution is 0.838. The summed E-state index contributed by atoms with van der Waals surface area (Å²) in [7, 11) is 1.38. The van der Waals surface area contributed by atoms with Crippen LogP contribution >= 0.6 is 0 Å². The molecule has 0 amide bonds. The minimum atomic E-state index is 0.250. The van der Waals surface area contributed by atoms with Crippen LogP contribution < -0.4 is 0 Å². The van der Waals surface area contributed by atoms with Crippen LogP contribution in [-0.4, -0.2) is 13.5 Å². The Morgan fingerprint density at radius 1 is 2.00 bits per heavy atom. The van der Waals surface area contributed by atoms with Gasteiger partial charge in [0.1, 0.15) is 0 Å². The molecule has 0 heterocycles. The molecule has 0 N–H and O–H groups in total. The Labute approximate surface area is 24.2 Å². The number of hydrogen-bond acceptors (Lipinski definition) is 1. The van der Waals surface area contributed by atoms with Crippen LogP contribution in [0.25, 0.3) is 0 Å². The molecule has 0 aromatic carbocycles. The first kappa shape index (κ1) is 3.60. The van der Waals surface area contributed by atoms with Crippen molar-refractivity contribution in [3.05, 3.63) is 0 Å². The molecule has 1 nitrogen and oxygen atoms in total. The summed E-state index contributed by atoms with van der Waals surface area (Å²) in [6.45, 7) is 0.250. The van der Waals surface area contributed by atoms with Crippen LogP contribution in [0.2, 0.25) is 0 Å². The van der Waals surface area contributed by atoms with Crippen molar-refractivity contribution < 1.29 is 4.39 Å². The zero-order chi connectivity index (χ0) is 3.41. The average Bonchev–Trinajstić information content (AvgIpc) is 1.37. The van der Waals surface area contributed by atoms with Crippen LogP contribution in [-0.2, 0) is 0 Å². The number of aliphatic imine (C=N–C) groups is 1. The fourth-order valence-electron chi connectivity index (χ4n) is 0. The molecule has 0 radical (unpaired) electrons. The summed E-state index contributed by atoms with van der Waals surface area (Å²) in [5.41, 5.74) is 0. The van der Waals surface area contributed by atoms with E-state index < -0.39 is 0 Å². The lowest BCUT2D eigenvalue weighted by Gasteiger charge is -1.49. The van der Waals surface area contributed by atoms with Gasteiger partial charge in [-0.3, -0.25) is 4.99 Å². The highest BCUT2D eigenvalue weighted by molar-refractivity contribution is 5.43. The zero-order valence-electron chi connectivity index (χ0n) is 2.40. The molecule has 0 bridgehead atoms. The van der Waals surface area contributed by atoms with Gasteiger partial charge < -0.3 is 0 Å². The van der Waals surface area contributed by atoms with Crippen LogP contribution in [0, 0.1) is 0 Å². The fourth-order valence-corrected chi connectivity index (χ4v) is 0. The Hall–Kier alpha value is -0.400. The van der Waals surface area contributed by atoms with E-state index in [-0.39, 0.29) is 6.47 Å². The number of rotatable bonds is 0. The summed E-state index contributed by atoms with van der Waals surface area (Å²) in [6, 6.07) is 0. The van der Waals surface area contributed by atoms with Crippen molar-refractivity contribution in [2.45, 2.75) is 0 Å². The van der Waals surface area contributed by atoms with Crippen molar-refractivity contribution in [3.8, 4) is 0 Å². The van der Waals surface area contributed by atoms with Crippen LogP contribution in [0.4, 0.5) is 4.39 Å². The van der Waals surface area contributed by atoms with Crippen LogP contribution in [0.5, 0.6) is 0 Å². The molecule has 4 heavy (non-hydrogen) atoms. The minimum Gasteiger partial charge on any atom is -0.268 e. The molecule has 0 aliphatic carbocycles. The van der Waals surface area contributed by atoms with E-state index in [1.165, 1.54) is 7.05 Å². The molecule has 0 rings (SSSR count). The highest BCUT2D eigenvalue weighted by atomic mass is 19.1. The fraction of sp³-hybridized carbons (Fsp3) is 0.500. The van der Waals surface area contributed by atoms with Crippen molar-refractivity contribution in [1.82, 2.24) is 0 Å². The molecule has 0 saturated heterocycles. The summed E-state index contributed by atoms with van der Waals surface area (Å²) < 4.78 is 10.4. The number of hydrogen-bond donors (Lipinski definition) is 0. The van der Waals surface area contributed by atoms with Gasteiger partial charge in [0.15, 0.2) is 6.47 Å². The molecule has 0 aliphatic heterocycles. The Morgan fingerprint density at radius 2 is 2.25 bits per heavy atom. The van der Waals surface area contributed by atoms with Gasteiger partial charge in [0.2, 0.25) is 0 Å². The maximum absolute atomic E-state index is 10.4. The minimum absolute atomic E-state index is 0.250. The topological polar surface area (TPSA) is 12.4 Å². The van der Waals surface area contributed by atoms with Crippen molar-refractivity contribution in [3.63, 3.8) is 0 Å². The Kier molecular flexibility index (Phi) is 2.34. The van der Waals surface area contributed by atoms with E-state index in [1.54, 1.807) is 0 Å². The molecule has 0 aromatic heterocycles. The molecular formula is C2H4FN. The summed E-state index contributed by atoms with van der Waals surface area (Å²) in [4.78, 5) is 2.94. The third kappa shape index (κ3) is 1.60. The van der Waals surface area contributed by atoms with Crippen molar-refractivity contribution in [2.24, 2.45) is 4.99 Å². The highest BCUT2D eigenvalue weighted by Gasteiger charge is 1.37. The quantitative estimate of drug-likeness (QED) is 0.364. The van der Waals surface area contributed by atoms with Gasteiger partial charge in [0.25, 0.3) is 0 Å². The normalized spacial score (nSPS) is 9.50. The van der Waals surface area contributed by atoms with Crippen molar-refractivity contribution >= 4 is 6.47 Å². The first-order chi connectivity index (χ1) is 1.91. The highest BCUT2D eigenvalue weighted by Crippen LogP contribution is 1.45. The molecule has 0 aliphatic rings. The van der Waals surface area contributed by atoms with Crippen molar-refractivity contribution in [1.29, 1.82) is 0 Å². The van der Waals surface area contributed by atoms with Gasteiger partial charge in [-0.25, -0.2) is 0 Å². The molecule has 2 heteroatoms. The first-order valence-electron chi connectivity index (χ1n) is 0.924. The molecular weight excluding hydrogens is 57.0 g/mol. The lowest BCUT2D eigenvalue weighted by Crippen LogP contribution is -1.44. The second kappa shape index (κ2) is 2.60. The SMILES string of the molecule is CN=CF. The van der Waals surface area contributed by atoms with Crippen LogP contribution in [0.3, 0.4) is 0 Å². The van der Waals surface area contributed by atoms with E-state index in [4.69, 9.17) is 0 Å². The standard InChI is InChI=1S/C2H4FN/c1-4-2-3/h2H,1H3. The summed E-state index contributed by atoms with van der Waals surface area (Å²) in [5.74, 6) is 0. The van der Waals surface area contributed by atoms with Gasteiger partial charge in [-0.1, -0.05) is 0 Å². The molecule has 0 fully saturated rings. The molecule has 0 aromatic rings. The van der Waals surface area contributed by atoms with E-state index >= 15 is 0 Å². The van der Waals surface area contributed by atoms with E-state index in [9.17, 15) is 4.39 Å². The third-order valence-corrected chi connectivity index (χ3v) is 0.0976. The maximum Gasteiger partial charge on any atom is 0.170 e. The van der Waals surface area contributed by atoms with Gasteiger partial charge in [0.05, 0.1) is 0 Å². The van der Waals surface area contributed by atoms with E-state index in [0.29, 0.717) is 0 Å². The summed E-state index contributed by atoms with van der Waals surface area (Å²) >= 11 is 0. The maximum atomic E-state index is 10.4. The Bertz CT molecular complexity index is 21.2. The Balaban J connectivity index is 2.55. The van der Waals surface area contributed by atoms with Crippen LogP contribution in [0.1, 0.15) is 0 Å². The van der Waals surface area contributed by atoms with Crippen LogP contribution in [0.15, 0.2) is 4.99 Å². The second-order valence-corrected chi connectivity index (χ2v) is 0.356. The van der Waals surface area contributed by atoms with Gasteiger partial charge in [-0.15, -0.1) is 0 Å². The van der Waals surface area contributed by atoms with Gasteiger partial charge >= 0.3 is 0 Å². The van der Waals surface area contributed by atoms with Gasteiger partial charge in [-0.05, 0) is 0 Å². The molecule has 0 spiro atoms. The summed E-state index contributed by atoms with van der Waals surface area (Å²) in [6.07, 6.45) is 0. The van der Waals surface area contributed by atoms with E-state index in [1.807, 2.05) is 0 Å². The molecule has 0 unspecified atom stereocenters. The smallest absolute Gasteiger partial charge is 0.170 e. The van der Waals surface area contributed by atoms with Gasteiger partial charge in [-0.2, -0.15) is 4.39 Å². The predicted molar refractivity (Wildman–Crippen MR) is 15.5 cm³/mol. The van der Waals surface area contributed by atoms with E-state index in [0.717, 1.165) is 0 Å². The zero-order valence-corrected chi connectivity index (χ0v) is 2.40. The van der Waals surface area contributed by atoms with E-state index in [2.05, 4.69) is 4.99 Å². The number of nitrogens with zero attached hydrogens (tertiary/aromatic N) is 1. The monoisotopic (exact) mass is 61.0 g/mol. The largest absolute Gasteiger partial charge is 0.268 e. The summed E-state index contributed by atoms with van der Waals surface area (Å²) in [5, 5.41) is 0. The van der Waals surface area contributed by atoms with Gasteiger partial charge in [0, 0.05) is 7.05 Å². The Morgan fingerprint density at radius 3 is 2.25 bits per heavy atom.